The lowest BCUT2D eigenvalue weighted by Crippen LogP contribution is -2.50. The molecule has 0 saturated heterocycles. The second-order valence-electron chi connectivity index (χ2n) is 5.68. The number of amides is 2. The van der Waals surface area contributed by atoms with Gasteiger partial charge in [-0.25, -0.2) is 0 Å². The van der Waals surface area contributed by atoms with Gasteiger partial charge in [0.05, 0.1) is 12.0 Å². The third-order valence-corrected chi connectivity index (χ3v) is 3.54. The molecule has 0 aliphatic carbocycles. The molecule has 26 heavy (non-hydrogen) atoms. The molecule has 2 aromatic rings. The molecule has 0 heterocycles. The van der Waals surface area contributed by atoms with E-state index in [1.54, 1.807) is 48.5 Å². The standard InChI is InChI=1S/C20H20N2O4/c1-14(23)21-17(12-15-8-4-2-5-9-15)19(24)22-18(20(25)26)13-16-10-6-3-7-11-16/h2-12,18H,13H2,1H3,(H,21,23)(H,22,24)(H,25,26)/p-1/b17-12+/t18-/m1/s1. The molecular formula is C20H19N2O4-. The first kappa shape index (κ1) is 18.9. The number of carboxylic acid groups (broad SMARTS) is 1. The average Bonchev–Trinajstić information content (AvgIpc) is 2.62. The van der Waals surface area contributed by atoms with Crippen LogP contribution in [0.3, 0.4) is 0 Å². The first-order chi connectivity index (χ1) is 12.5. The summed E-state index contributed by atoms with van der Waals surface area (Å²) >= 11 is 0. The minimum atomic E-state index is -1.40. The van der Waals surface area contributed by atoms with Gasteiger partial charge in [0.2, 0.25) is 5.91 Å². The molecule has 2 rings (SSSR count). The van der Waals surface area contributed by atoms with Gasteiger partial charge in [0.15, 0.2) is 0 Å². The second kappa shape index (κ2) is 9.17. The van der Waals surface area contributed by atoms with Crippen molar-refractivity contribution >= 4 is 23.9 Å². The summed E-state index contributed by atoms with van der Waals surface area (Å²) in [5, 5.41) is 16.2. The number of aliphatic carboxylic acids is 1. The number of carbonyl (C=O) groups excluding carboxylic acids is 3. The van der Waals surface area contributed by atoms with Crippen LogP contribution in [0.15, 0.2) is 66.4 Å². The first-order valence-corrected chi connectivity index (χ1v) is 8.05. The van der Waals surface area contributed by atoms with E-state index in [0.717, 1.165) is 5.56 Å². The van der Waals surface area contributed by atoms with Gasteiger partial charge in [-0.2, -0.15) is 0 Å². The third kappa shape index (κ3) is 5.90. The zero-order chi connectivity index (χ0) is 18.9. The van der Waals surface area contributed by atoms with E-state index in [2.05, 4.69) is 10.6 Å². The molecule has 2 amide bonds. The van der Waals surface area contributed by atoms with Gasteiger partial charge in [-0.05, 0) is 23.6 Å². The van der Waals surface area contributed by atoms with Gasteiger partial charge in [0.1, 0.15) is 5.70 Å². The van der Waals surface area contributed by atoms with E-state index in [1.807, 2.05) is 12.1 Å². The van der Waals surface area contributed by atoms with Crippen molar-refractivity contribution in [3.8, 4) is 0 Å². The van der Waals surface area contributed by atoms with Crippen LogP contribution in [0.1, 0.15) is 18.1 Å². The summed E-state index contributed by atoms with van der Waals surface area (Å²) < 4.78 is 0. The molecule has 0 fully saturated rings. The van der Waals surface area contributed by atoms with Crippen LogP contribution in [0.5, 0.6) is 0 Å². The van der Waals surface area contributed by atoms with Crippen molar-refractivity contribution in [2.24, 2.45) is 0 Å². The van der Waals surface area contributed by atoms with Gasteiger partial charge >= 0.3 is 0 Å². The van der Waals surface area contributed by atoms with Crippen LogP contribution in [-0.4, -0.2) is 23.8 Å². The number of carboxylic acids is 1. The summed E-state index contributed by atoms with van der Waals surface area (Å²) in [6.07, 6.45) is 1.55. The Balaban J connectivity index is 2.19. The summed E-state index contributed by atoms with van der Waals surface area (Å²) in [6, 6.07) is 16.6. The maximum absolute atomic E-state index is 12.5. The minimum absolute atomic E-state index is 0.0389. The van der Waals surface area contributed by atoms with Gasteiger partial charge in [-0.15, -0.1) is 0 Å². The van der Waals surface area contributed by atoms with Crippen molar-refractivity contribution in [1.82, 2.24) is 10.6 Å². The molecular weight excluding hydrogens is 332 g/mol. The molecule has 0 aliphatic heterocycles. The Morgan fingerprint density at radius 2 is 1.58 bits per heavy atom. The van der Waals surface area contributed by atoms with Crippen LogP contribution in [0.4, 0.5) is 0 Å². The molecule has 1 atom stereocenters. The van der Waals surface area contributed by atoms with Crippen molar-refractivity contribution in [1.29, 1.82) is 0 Å². The van der Waals surface area contributed by atoms with Crippen molar-refractivity contribution < 1.29 is 19.5 Å². The zero-order valence-corrected chi connectivity index (χ0v) is 14.3. The molecule has 0 aromatic heterocycles. The number of nitrogens with one attached hydrogen (secondary N) is 2. The lowest BCUT2D eigenvalue weighted by atomic mass is 10.1. The smallest absolute Gasteiger partial charge is 0.268 e. The maximum Gasteiger partial charge on any atom is 0.268 e. The van der Waals surface area contributed by atoms with Crippen molar-refractivity contribution in [2.45, 2.75) is 19.4 Å². The van der Waals surface area contributed by atoms with Gasteiger partial charge in [0, 0.05) is 6.92 Å². The Morgan fingerprint density at radius 3 is 2.12 bits per heavy atom. The highest BCUT2D eigenvalue weighted by Gasteiger charge is 2.18. The summed E-state index contributed by atoms with van der Waals surface area (Å²) in [5.74, 6) is -2.53. The van der Waals surface area contributed by atoms with E-state index in [1.165, 1.54) is 13.0 Å². The predicted molar refractivity (Wildman–Crippen MR) is 95.3 cm³/mol. The average molecular weight is 351 g/mol. The summed E-state index contributed by atoms with van der Waals surface area (Å²) in [6.45, 7) is 1.27. The topological polar surface area (TPSA) is 98.3 Å². The zero-order valence-electron chi connectivity index (χ0n) is 14.3. The van der Waals surface area contributed by atoms with E-state index in [4.69, 9.17) is 0 Å². The highest BCUT2D eigenvalue weighted by atomic mass is 16.4. The van der Waals surface area contributed by atoms with Crippen LogP contribution in [-0.2, 0) is 20.8 Å². The second-order valence-corrected chi connectivity index (χ2v) is 5.68. The van der Waals surface area contributed by atoms with E-state index in [9.17, 15) is 19.5 Å². The molecule has 2 N–H and O–H groups in total. The third-order valence-electron chi connectivity index (χ3n) is 3.54. The van der Waals surface area contributed by atoms with Gasteiger partial charge in [0.25, 0.3) is 5.91 Å². The molecule has 134 valence electrons. The van der Waals surface area contributed by atoms with E-state index in [-0.39, 0.29) is 12.1 Å². The van der Waals surface area contributed by atoms with Crippen molar-refractivity contribution in [3.05, 3.63) is 77.5 Å². The minimum Gasteiger partial charge on any atom is -0.548 e. The summed E-state index contributed by atoms with van der Waals surface area (Å²) in [5.41, 5.74) is 1.40. The number of hydrogen-bond acceptors (Lipinski definition) is 4. The fraction of sp³-hybridized carbons (Fsp3) is 0.150. The highest BCUT2D eigenvalue weighted by Crippen LogP contribution is 2.07. The molecule has 0 spiro atoms. The molecule has 0 radical (unpaired) electrons. The van der Waals surface area contributed by atoms with Gasteiger partial charge in [-0.3, -0.25) is 9.59 Å². The monoisotopic (exact) mass is 351 g/mol. The molecule has 6 nitrogen and oxygen atoms in total. The van der Waals surface area contributed by atoms with Gasteiger partial charge < -0.3 is 20.5 Å². The fourth-order valence-electron chi connectivity index (χ4n) is 2.34. The van der Waals surface area contributed by atoms with Gasteiger partial charge in [-0.1, -0.05) is 60.7 Å². The van der Waals surface area contributed by atoms with E-state index >= 15 is 0 Å². The predicted octanol–water partition coefficient (Wildman–Crippen LogP) is 0.641. The van der Waals surface area contributed by atoms with Crippen LogP contribution < -0.4 is 15.7 Å². The lowest BCUT2D eigenvalue weighted by molar-refractivity contribution is -0.308. The summed E-state index contributed by atoms with van der Waals surface area (Å²) in [7, 11) is 0. The Kier molecular flexibility index (Phi) is 6.68. The van der Waals surface area contributed by atoms with Crippen molar-refractivity contribution in [3.63, 3.8) is 0 Å². The largest absolute Gasteiger partial charge is 0.548 e. The lowest BCUT2D eigenvalue weighted by Gasteiger charge is -2.21. The normalized spacial score (nSPS) is 12.1. The molecule has 6 heteroatoms. The van der Waals surface area contributed by atoms with E-state index in [0.29, 0.717) is 5.56 Å². The molecule has 0 unspecified atom stereocenters. The van der Waals surface area contributed by atoms with Crippen molar-refractivity contribution in [2.75, 3.05) is 0 Å². The van der Waals surface area contributed by atoms with Crippen LogP contribution >= 0.6 is 0 Å². The number of benzene rings is 2. The number of carbonyl (C=O) groups is 3. The highest BCUT2D eigenvalue weighted by molar-refractivity contribution is 6.02. The molecule has 2 aromatic carbocycles. The summed E-state index contributed by atoms with van der Waals surface area (Å²) in [4.78, 5) is 35.3. The van der Waals surface area contributed by atoms with Crippen LogP contribution in [0, 0.1) is 0 Å². The van der Waals surface area contributed by atoms with Crippen LogP contribution in [0.25, 0.3) is 6.08 Å². The molecule has 0 aliphatic rings. The maximum atomic E-state index is 12.5. The molecule has 0 bridgehead atoms. The number of rotatable bonds is 7. The molecule has 0 saturated carbocycles. The van der Waals surface area contributed by atoms with Crippen LogP contribution in [0.2, 0.25) is 0 Å². The number of hydrogen-bond donors (Lipinski definition) is 2. The first-order valence-electron chi connectivity index (χ1n) is 8.05. The Labute approximate surface area is 151 Å². The quantitative estimate of drug-likeness (QED) is 0.715. The Hall–Kier alpha value is -3.41. The Bertz CT molecular complexity index is 801. The van der Waals surface area contributed by atoms with E-state index < -0.39 is 23.8 Å². The SMILES string of the molecule is CC(=O)N/C(=C/c1ccccc1)C(=O)N[C@H](Cc1ccccc1)C(=O)[O-]. The Morgan fingerprint density at radius 1 is 1.00 bits per heavy atom. The fourth-order valence-corrected chi connectivity index (χ4v) is 2.34.